The number of hydrogen-bond donors (Lipinski definition) is 0. The SMILES string of the molecule is CC1[C]C(C)C2CCC=CC=C12. The standard InChI is InChI=1S/C12H16/c1-9-8-10(2)12-7-5-3-4-6-11(9)12/h3-4,6,9-10,12H,5,7H2,1-2H3. The summed E-state index contributed by atoms with van der Waals surface area (Å²) >= 11 is 0. The minimum atomic E-state index is 0.591. The van der Waals surface area contributed by atoms with Crippen LogP contribution in [0.25, 0.3) is 0 Å². The summed E-state index contributed by atoms with van der Waals surface area (Å²) in [5.41, 5.74) is 1.61. The van der Waals surface area contributed by atoms with E-state index in [9.17, 15) is 0 Å². The van der Waals surface area contributed by atoms with Crippen LogP contribution >= 0.6 is 0 Å². The fourth-order valence-corrected chi connectivity index (χ4v) is 2.45. The van der Waals surface area contributed by atoms with Crippen molar-refractivity contribution in [2.24, 2.45) is 17.8 Å². The molecule has 2 aliphatic carbocycles. The third-order valence-electron chi connectivity index (χ3n) is 3.11. The minimum absolute atomic E-state index is 0.591. The lowest BCUT2D eigenvalue weighted by Crippen LogP contribution is -2.04. The maximum absolute atomic E-state index is 3.58. The van der Waals surface area contributed by atoms with Crippen LogP contribution < -0.4 is 0 Å². The topological polar surface area (TPSA) is 0 Å². The van der Waals surface area contributed by atoms with Crippen LogP contribution in [0.3, 0.4) is 0 Å². The number of rotatable bonds is 0. The van der Waals surface area contributed by atoms with Crippen molar-refractivity contribution in [1.82, 2.24) is 0 Å². The first kappa shape index (κ1) is 8.10. The van der Waals surface area contributed by atoms with Crippen LogP contribution in [0.2, 0.25) is 0 Å². The molecule has 3 atom stereocenters. The molecule has 0 aromatic rings. The molecule has 0 amide bonds. The third kappa shape index (κ3) is 1.24. The van der Waals surface area contributed by atoms with E-state index >= 15 is 0 Å². The molecule has 0 N–H and O–H groups in total. The average molecular weight is 160 g/mol. The Kier molecular flexibility index (Phi) is 2.08. The van der Waals surface area contributed by atoms with E-state index in [2.05, 4.69) is 38.5 Å². The van der Waals surface area contributed by atoms with Gasteiger partial charge in [0, 0.05) is 0 Å². The molecule has 0 heterocycles. The average Bonchev–Trinajstić information content (AvgIpc) is 2.29. The summed E-state index contributed by atoms with van der Waals surface area (Å²) < 4.78 is 0. The van der Waals surface area contributed by atoms with Crippen LogP contribution in [0.5, 0.6) is 0 Å². The van der Waals surface area contributed by atoms with Crippen molar-refractivity contribution in [3.63, 3.8) is 0 Å². The lowest BCUT2D eigenvalue weighted by atomic mass is 9.90. The van der Waals surface area contributed by atoms with Gasteiger partial charge in [0.2, 0.25) is 0 Å². The van der Waals surface area contributed by atoms with Gasteiger partial charge in [-0.05, 0) is 37.0 Å². The molecule has 0 aromatic heterocycles. The molecule has 0 nitrogen and oxygen atoms in total. The molecule has 0 spiro atoms. The van der Waals surface area contributed by atoms with Gasteiger partial charge in [-0.15, -0.1) is 0 Å². The van der Waals surface area contributed by atoms with E-state index in [4.69, 9.17) is 0 Å². The molecule has 0 bridgehead atoms. The molecule has 1 saturated carbocycles. The molecule has 2 aliphatic rings. The molecule has 0 aromatic carbocycles. The molecular formula is C12H16. The van der Waals surface area contributed by atoms with Crippen LogP contribution in [-0.2, 0) is 0 Å². The van der Waals surface area contributed by atoms with Crippen molar-refractivity contribution >= 4 is 0 Å². The highest BCUT2D eigenvalue weighted by atomic mass is 14.4. The largest absolute Gasteiger partial charge is 0.0845 e. The maximum atomic E-state index is 3.58. The monoisotopic (exact) mass is 160 g/mol. The lowest BCUT2D eigenvalue weighted by molar-refractivity contribution is 0.479. The van der Waals surface area contributed by atoms with E-state index in [0.717, 1.165) is 5.92 Å². The summed E-state index contributed by atoms with van der Waals surface area (Å²) in [6, 6.07) is 0. The zero-order valence-electron chi connectivity index (χ0n) is 7.88. The molecule has 1 fully saturated rings. The second-order valence-corrected chi connectivity index (χ2v) is 3.96. The number of fused-ring (bicyclic) bond motifs is 1. The zero-order chi connectivity index (χ0) is 8.55. The maximum Gasteiger partial charge on any atom is -0.00617 e. The van der Waals surface area contributed by atoms with Gasteiger partial charge in [-0.2, -0.15) is 0 Å². The summed E-state index contributed by atoms with van der Waals surface area (Å²) in [7, 11) is 0. The Morgan fingerprint density at radius 3 is 3.08 bits per heavy atom. The van der Waals surface area contributed by atoms with E-state index < -0.39 is 0 Å². The zero-order valence-corrected chi connectivity index (χ0v) is 7.88. The van der Waals surface area contributed by atoms with Gasteiger partial charge in [-0.25, -0.2) is 0 Å². The van der Waals surface area contributed by atoms with Gasteiger partial charge in [-0.3, -0.25) is 0 Å². The van der Waals surface area contributed by atoms with Gasteiger partial charge < -0.3 is 0 Å². The van der Waals surface area contributed by atoms with E-state index in [1.165, 1.54) is 12.8 Å². The summed E-state index contributed by atoms with van der Waals surface area (Å²) in [5.74, 6) is 2.05. The van der Waals surface area contributed by atoms with Crippen molar-refractivity contribution < 1.29 is 0 Å². The van der Waals surface area contributed by atoms with Crippen molar-refractivity contribution in [1.29, 1.82) is 0 Å². The second-order valence-electron chi connectivity index (χ2n) is 3.96. The minimum Gasteiger partial charge on any atom is -0.0845 e. The molecule has 2 rings (SSSR count). The highest BCUT2D eigenvalue weighted by Gasteiger charge is 2.33. The first-order valence-electron chi connectivity index (χ1n) is 4.91. The molecule has 12 heavy (non-hydrogen) atoms. The van der Waals surface area contributed by atoms with Gasteiger partial charge in [-0.1, -0.05) is 37.6 Å². The van der Waals surface area contributed by atoms with Crippen molar-refractivity contribution in [2.45, 2.75) is 26.7 Å². The summed E-state index contributed by atoms with van der Waals surface area (Å²) in [6.07, 6.45) is 12.9. The van der Waals surface area contributed by atoms with E-state index in [1.54, 1.807) is 5.57 Å². The molecule has 3 unspecified atom stereocenters. The van der Waals surface area contributed by atoms with Gasteiger partial charge in [0.15, 0.2) is 0 Å². The van der Waals surface area contributed by atoms with Crippen LogP contribution in [0.4, 0.5) is 0 Å². The fourth-order valence-electron chi connectivity index (χ4n) is 2.45. The number of hydrogen-bond acceptors (Lipinski definition) is 0. The Labute approximate surface area is 75.4 Å². The molecule has 2 radical (unpaired) electrons. The van der Waals surface area contributed by atoms with Gasteiger partial charge >= 0.3 is 0 Å². The Bertz CT molecular complexity index is 222. The van der Waals surface area contributed by atoms with Crippen LogP contribution in [0, 0.1) is 24.2 Å². The van der Waals surface area contributed by atoms with Crippen LogP contribution in [-0.4, -0.2) is 0 Å². The molecule has 0 saturated heterocycles. The van der Waals surface area contributed by atoms with Gasteiger partial charge in [0.1, 0.15) is 0 Å². The van der Waals surface area contributed by atoms with Crippen LogP contribution in [0.1, 0.15) is 26.7 Å². The first-order valence-corrected chi connectivity index (χ1v) is 4.91. The second kappa shape index (κ2) is 3.08. The highest BCUT2D eigenvalue weighted by Crippen LogP contribution is 2.43. The van der Waals surface area contributed by atoms with Crippen molar-refractivity contribution in [3.8, 4) is 0 Å². The van der Waals surface area contributed by atoms with E-state index in [0.29, 0.717) is 11.8 Å². The van der Waals surface area contributed by atoms with Gasteiger partial charge in [0.05, 0.1) is 0 Å². The Hall–Kier alpha value is -0.520. The molecule has 64 valence electrons. The summed E-state index contributed by atoms with van der Waals surface area (Å²) in [4.78, 5) is 0. The quantitative estimate of drug-likeness (QED) is 0.510. The Morgan fingerprint density at radius 1 is 1.42 bits per heavy atom. The first-order chi connectivity index (χ1) is 5.79. The summed E-state index contributed by atoms with van der Waals surface area (Å²) in [6.45, 7) is 4.56. The predicted octanol–water partition coefficient (Wildman–Crippen LogP) is 3.25. The smallest absolute Gasteiger partial charge is 0.00617 e. The van der Waals surface area contributed by atoms with E-state index in [1.807, 2.05) is 0 Å². The number of allylic oxidation sites excluding steroid dienone is 4. The predicted molar refractivity (Wildman–Crippen MR) is 51.5 cm³/mol. The summed E-state index contributed by atoms with van der Waals surface area (Å²) in [5, 5.41) is 0. The Balaban J connectivity index is 2.25. The molecular weight excluding hydrogens is 144 g/mol. The van der Waals surface area contributed by atoms with E-state index in [-0.39, 0.29) is 0 Å². The normalized spacial score (nSPS) is 40.5. The van der Waals surface area contributed by atoms with Crippen molar-refractivity contribution in [3.05, 3.63) is 30.2 Å². The van der Waals surface area contributed by atoms with Crippen LogP contribution in [0.15, 0.2) is 23.8 Å². The molecule has 0 aliphatic heterocycles. The highest BCUT2D eigenvalue weighted by molar-refractivity contribution is 5.28. The lowest BCUT2D eigenvalue weighted by Gasteiger charge is -2.14. The molecule has 0 heteroatoms. The third-order valence-corrected chi connectivity index (χ3v) is 3.11. The van der Waals surface area contributed by atoms with Gasteiger partial charge in [0.25, 0.3) is 0 Å². The van der Waals surface area contributed by atoms with Crippen molar-refractivity contribution in [2.75, 3.05) is 0 Å². The fraction of sp³-hybridized carbons (Fsp3) is 0.583. The Morgan fingerprint density at radius 2 is 2.25 bits per heavy atom.